The minimum absolute atomic E-state index is 0.230. The number of carbonyl (C=O) groups excluding carboxylic acids is 1. The van der Waals surface area contributed by atoms with Crippen molar-refractivity contribution in [3.05, 3.63) is 77.7 Å². The molecule has 0 radical (unpaired) electrons. The number of carbonyl (C=O) groups is 1. The van der Waals surface area contributed by atoms with Crippen LogP contribution in [0.4, 0.5) is 5.82 Å². The van der Waals surface area contributed by atoms with Gasteiger partial charge in [-0.25, -0.2) is 14.6 Å². The Kier molecular flexibility index (Phi) is 8.19. The maximum absolute atomic E-state index is 13.2. The van der Waals surface area contributed by atoms with Gasteiger partial charge in [0.25, 0.3) is 0 Å². The van der Waals surface area contributed by atoms with Gasteiger partial charge in [-0.2, -0.15) is 5.10 Å². The lowest BCUT2D eigenvalue weighted by Crippen LogP contribution is -2.36. The van der Waals surface area contributed by atoms with Gasteiger partial charge < -0.3 is 9.80 Å². The third-order valence-corrected chi connectivity index (χ3v) is 7.57. The van der Waals surface area contributed by atoms with Crippen molar-refractivity contribution in [2.24, 2.45) is 11.3 Å². The van der Waals surface area contributed by atoms with Crippen LogP contribution < -0.4 is 4.90 Å². The summed E-state index contributed by atoms with van der Waals surface area (Å²) >= 11 is 0. The van der Waals surface area contributed by atoms with Gasteiger partial charge in [0.05, 0.1) is 17.3 Å². The van der Waals surface area contributed by atoms with Crippen LogP contribution >= 0.6 is 0 Å². The summed E-state index contributed by atoms with van der Waals surface area (Å²) in [6.07, 6.45) is 5.10. The molecule has 7 heteroatoms. The number of anilines is 1. The SMILES string of the molecule is Cc1ccc(Cc2nc(N3CCCN(C(=O)C[C@@H](C)CC(C)(C)C)CC3)c3cnn(-c4ccccc4)c3n2)cc1. The van der Waals surface area contributed by atoms with Crippen LogP contribution in [0.25, 0.3) is 16.7 Å². The van der Waals surface area contributed by atoms with Gasteiger partial charge in [0.2, 0.25) is 5.91 Å². The van der Waals surface area contributed by atoms with Gasteiger partial charge >= 0.3 is 0 Å². The van der Waals surface area contributed by atoms with Crippen molar-refractivity contribution in [3.63, 3.8) is 0 Å². The molecule has 5 rings (SSSR count). The van der Waals surface area contributed by atoms with Crippen molar-refractivity contribution in [1.82, 2.24) is 24.6 Å². The molecule has 1 aliphatic rings. The van der Waals surface area contributed by atoms with Gasteiger partial charge in [-0.3, -0.25) is 4.79 Å². The number of aryl methyl sites for hydroxylation is 1. The molecule has 0 saturated carbocycles. The number of nitrogens with zero attached hydrogens (tertiary/aromatic N) is 6. The molecule has 1 saturated heterocycles. The molecule has 40 heavy (non-hydrogen) atoms. The molecule has 0 unspecified atom stereocenters. The summed E-state index contributed by atoms with van der Waals surface area (Å²) in [6.45, 7) is 14.1. The van der Waals surface area contributed by atoms with Gasteiger partial charge in [0.1, 0.15) is 11.6 Å². The number of para-hydroxylation sites is 1. The van der Waals surface area contributed by atoms with Crippen molar-refractivity contribution in [2.45, 2.75) is 60.3 Å². The van der Waals surface area contributed by atoms with E-state index in [0.717, 1.165) is 60.8 Å². The number of hydrogen-bond acceptors (Lipinski definition) is 5. The summed E-state index contributed by atoms with van der Waals surface area (Å²) in [4.78, 5) is 27.7. The smallest absolute Gasteiger partial charge is 0.222 e. The topological polar surface area (TPSA) is 67.2 Å². The molecule has 1 amide bonds. The first kappa shape index (κ1) is 27.8. The standard InChI is InChI=1S/C33H42N6O/c1-24-12-14-26(15-13-24)21-29-35-31(28-23-34-39(32(28)36-29)27-10-7-6-8-11-27)38-17-9-16-37(18-19-38)30(40)20-25(2)22-33(3,4)5/h6-8,10-15,23,25H,9,16-22H2,1-5H3/t25-/m1/s1. The molecule has 2 aromatic heterocycles. The lowest BCUT2D eigenvalue weighted by molar-refractivity contribution is -0.132. The molecule has 0 bridgehead atoms. The van der Waals surface area contributed by atoms with E-state index in [1.807, 2.05) is 41.2 Å². The van der Waals surface area contributed by atoms with Gasteiger partial charge in [-0.15, -0.1) is 0 Å². The second kappa shape index (κ2) is 11.8. The molecule has 4 aromatic rings. The van der Waals surface area contributed by atoms with Crippen LogP contribution in [0, 0.1) is 18.3 Å². The van der Waals surface area contributed by atoms with Crippen LogP contribution in [0.1, 0.15) is 63.9 Å². The lowest BCUT2D eigenvalue weighted by Gasteiger charge is -2.26. The molecule has 0 N–H and O–H groups in total. The number of amides is 1. The van der Waals surface area contributed by atoms with Crippen LogP contribution in [0.2, 0.25) is 0 Å². The highest BCUT2D eigenvalue weighted by atomic mass is 16.2. The number of hydrogen-bond donors (Lipinski definition) is 0. The molecule has 1 aliphatic heterocycles. The largest absolute Gasteiger partial charge is 0.354 e. The van der Waals surface area contributed by atoms with Crippen molar-refractivity contribution < 1.29 is 4.79 Å². The number of fused-ring (bicyclic) bond motifs is 1. The highest BCUT2D eigenvalue weighted by Crippen LogP contribution is 2.29. The van der Waals surface area contributed by atoms with Crippen molar-refractivity contribution in [1.29, 1.82) is 0 Å². The zero-order chi connectivity index (χ0) is 28.3. The van der Waals surface area contributed by atoms with Crippen LogP contribution in [-0.2, 0) is 11.2 Å². The first-order chi connectivity index (χ1) is 19.2. The average Bonchev–Trinajstić information content (AvgIpc) is 3.17. The fraction of sp³-hybridized carbons (Fsp3) is 0.455. The lowest BCUT2D eigenvalue weighted by atomic mass is 9.84. The van der Waals surface area contributed by atoms with E-state index >= 15 is 0 Å². The Hall–Kier alpha value is -3.74. The van der Waals surface area contributed by atoms with Crippen LogP contribution in [0.5, 0.6) is 0 Å². The minimum atomic E-state index is 0.230. The molecule has 1 atom stereocenters. The first-order valence-electron chi connectivity index (χ1n) is 14.5. The van der Waals surface area contributed by atoms with E-state index < -0.39 is 0 Å². The van der Waals surface area contributed by atoms with E-state index in [1.165, 1.54) is 11.1 Å². The number of aromatic nitrogens is 4. The minimum Gasteiger partial charge on any atom is -0.354 e. The first-order valence-corrected chi connectivity index (χ1v) is 14.5. The Balaban J connectivity index is 1.42. The van der Waals surface area contributed by atoms with E-state index in [1.54, 1.807) is 0 Å². The van der Waals surface area contributed by atoms with Gasteiger partial charge in [0.15, 0.2) is 5.65 Å². The Labute approximate surface area is 238 Å². The van der Waals surface area contributed by atoms with Crippen molar-refractivity contribution in [2.75, 3.05) is 31.1 Å². The summed E-state index contributed by atoms with van der Waals surface area (Å²) in [5.74, 6) is 2.33. The van der Waals surface area contributed by atoms with E-state index in [-0.39, 0.29) is 11.3 Å². The molecular weight excluding hydrogens is 496 g/mol. The highest BCUT2D eigenvalue weighted by Gasteiger charge is 2.25. The third kappa shape index (κ3) is 6.69. The Morgan fingerprint density at radius 1 is 0.950 bits per heavy atom. The van der Waals surface area contributed by atoms with E-state index in [9.17, 15) is 4.79 Å². The summed E-state index contributed by atoms with van der Waals surface area (Å²) in [6, 6.07) is 18.7. The summed E-state index contributed by atoms with van der Waals surface area (Å²) < 4.78 is 1.91. The summed E-state index contributed by atoms with van der Waals surface area (Å²) in [7, 11) is 0. The number of benzene rings is 2. The van der Waals surface area contributed by atoms with Gasteiger partial charge in [-0.05, 0) is 48.8 Å². The molecule has 0 aliphatic carbocycles. The fourth-order valence-corrected chi connectivity index (χ4v) is 5.83. The Bertz CT molecular complexity index is 1440. The second-order valence-electron chi connectivity index (χ2n) is 12.6. The van der Waals surface area contributed by atoms with Crippen LogP contribution in [0.3, 0.4) is 0 Å². The Morgan fingerprint density at radius 2 is 1.70 bits per heavy atom. The second-order valence-corrected chi connectivity index (χ2v) is 12.6. The number of rotatable bonds is 7. The summed E-state index contributed by atoms with van der Waals surface area (Å²) in [5.41, 5.74) is 4.43. The van der Waals surface area contributed by atoms with E-state index in [2.05, 4.69) is 68.7 Å². The van der Waals surface area contributed by atoms with Gasteiger partial charge in [0, 0.05) is 39.0 Å². The molecular formula is C33H42N6O. The predicted octanol–water partition coefficient (Wildman–Crippen LogP) is 6.22. The maximum atomic E-state index is 13.2. The van der Waals surface area contributed by atoms with Crippen LogP contribution in [-0.4, -0.2) is 56.7 Å². The van der Waals surface area contributed by atoms with Gasteiger partial charge in [-0.1, -0.05) is 75.7 Å². The summed E-state index contributed by atoms with van der Waals surface area (Å²) in [5, 5.41) is 5.67. The monoisotopic (exact) mass is 538 g/mol. The Morgan fingerprint density at radius 3 is 2.42 bits per heavy atom. The zero-order valence-electron chi connectivity index (χ0n) is 24.6. The zero-order valence-corrected chi connectivity index (χ0v) is 24.6. The fourth-order valence-electron chi connectivity index (χ4n) is 5.83. The molecule has 3 heterocycles. The highest BCUT2D eigenvalue weighted by molar-refractivity contribution is 5.88. The average molecular weight is 539 g/mol. The normalized spacial score (nSPS) is 15.3. The van der Waals surface area contributed by atoms with Crippen LogP contribution in [0.15, 0.2) is 60.8 Å². The molecule has 0 spiro atoms. The van der Waals surface area contributed by atoms with E-state index in [4.69, 9.17) is 15.1 Å². The molecule has 7 nitrogen and oxygen atoms in total. The third-order valence-electron chi connectivity index (χ3n) is 7.57. The quantitative estimate of drug-likeness (QED) is 0.280. The molecule has 1 fully saturated rings. The van der Waals surface area contributed by atoms with Crippen molar-refractivity contribution >= 4 is 22.8 Å². The van der Waals surface area contributed by atoms with E-state index in [0.29, 0.717) is 25.3 Å². The molecule has 210 valence electrons. The maximum Gasteiger partial charge on any atom is 0.222 e. The van der Waals surface area contributed by atoms with Crippen molar-refractivity contribution in [3.8, 4) is 5.69 Å². The molecule has 2 aromatic carbocycles. The predicted molar refractivity (Wildman–Crippen MR) is 162 cm³/mol.